The quantitative estimate of drug-likeness (QED) is 0.674. The molecule has 2 heterocycles. The summed E-state index contributed by atoms with van der Waals surface area (Å²) in [5.74, 6) is -0.0258. The number of phenols is 1. The number of carbonyl (C=O) groups is 1. The van der Waals surface area contributed by atoms with Crippen LogP contribution in [0.3, 0.4) is 0 Å². The number of fused-ring (bicyclic) bond motifs is 2. The molecule has 4 heteroatoms. The lowest BCUT2D eigenvalue weighted by molar-refractivity contribution is -0.110. The molecule has 0 saturated heterocycles. The van der Waals surface area contributed by atoms with Crippen LogP contribution in [0.15, 0.2) is 54.7 Å². The topological polar surface area (TPSA) is 62.2 Å². The minimum Gasteiger partial charge on any atom is -0.507 e. The Morgan fingerprint density at radius 3 is 2.82 bits per heavy atom. The molecule has 1 aromatic heterocycles. The van der Waals surface area contributed by atoms with E-state index >= 15 is 0 Å². The maximum atomic E-state index is 12.1. The third-order valence-corrected chi connectivity index (χ3v) is 3.80. The van der Waals surface area contributed by atoms with Crippen molar-refractivity contribution < 1.29 is 9.90 Å². The lowest BCUT2D eigenvalue weighted by Crippen LogP contribution is -2.03. The molecule has 22 heavy (non-hydrogen) atoms. The highest BCUT2D eigenvalue weighted by atomic mass is 16.3. The summed E-state index contributed by atoms with van der Waals surface area (Å²) in [6.45, 7) is 0. The first-order valence-corrected chi connectivity index (χ1v) is 6.93. The maximum absolute atomic E-state index is 12.1. The van der Waals surface area contributed by atoms with Crippen LogP contribution >= 0.6 is 0 Å². The van der Waals surface area contributed by atoms with Crippen molar-refractivity contribution >= 4 is 34.1 Å². The van der Waals surface area contributed by atoms with Gasteiger partial charge >= 0.3 is 0 Å². The number of benzene rings is 2. The summed E-state index contributed by atoms with van der Waals surface area (Å²) in [6, 6.07) is 14.7. The van der Waals surface area contributed by atoms with E-state index in [9.17, 15) is 9.90 Å². The molecule has 0 fully saturated rings. The van der Waals surface area contributed by atoms with E-state index in [-0.39, 0.29) is 11.7 Å². The van der Waals surface area contributed by atoms with Crippen LogP contribution in [0, 0.1) is 0 Å². The molecule has 4 rings (SSSR count). The Kier molecular flexibility index (Phi) is 2.69. The lowest BCUT2D eigenvalue weighted by Gasteiger charge is -2.05. The molecule has 0 atom stereocenters. The van der Waals surface area contributed by atoms with Crippen molar-refractivity contribution in [1.29, 1.82) is 0 Å². The van der Waals surface area contributed by atoms with Crippen LogP contribution in [0.2, 0.25) is 0 Å². The summed E-state index contributed by atoms with van der Waals surface area (Å²) in [5, 5.41) is 13.9. The summed E-state index contributed by atoms with van der Waals surface area (Å²) in [4.78, 5) is 16.3. The Morgan fingerprint density at radius 2 is 1.91 bits per heavy atom. The van der Waals surface area contributed by atoms with Gasteiger partial charge in [-0.3, -0.25) is 9.78 Å². The zero-order chi connectivity index (χ0) is 15.1. The van der Waals surface area contributed by atoms with Gasteiger partial charge in [-0.1, -0.05) is 18.2 Å². The predicted molar refractivity (Wildman–Crippen MR) is 86.4 cm³/mol. The highest BCUT2D eigenvalue weighted by Gasteiger charge is 2.23. The number of nitrogens with zero attached hydrogens (tertiary/aromatic N) is 1. The highest BCUT2D eigenvalue weighted by Crippen LogP contribution is 2.35. The molecule has 1 aliphatic rings. The van der Waals surface area contributed by atoms with Crippen LogP contribution in [0.5, 0.6) is 5.75 Å². The van der Waals surface area contributed by atoms with Crippen molar-refractivity contribution in [2.75, 3.05) is 5.32 Å². The van der Waals surface area contributed by atoms with Crippen molar-refractivity contribution in [3.63, 3.8) is 0 Å². The first-order chi connectivity index (χ1) is 10.7. The molecule has 4 nitrogen and oxygen atoms in total. The van der Waals surface area contributed by atoms with E-state index in [0.29, 0.717) is 16.5 Å². The summed E-state index contributed by atoms with van der Waals surface area (Å²) in [7, 11) is 0. The second-order valence-corrected chi connectivity index (χ2v) is 5.13. The zero-order valence-electron chi connectivity index (χ0n) is 11.6. The number of phenolic OH excluding ortho intramolecular Hbond substituents is 1. The number of anilines is 1. The van der Waals surface area contributed by atoms with Gasteiger partial charge in [0.1, 0.15) is 5.75 Å². The normalized spacial score (nSPS) is 15.1. The van der Waals surface area contributed by atoms with Crippen molar-refractivity contribution in [3.8, 4) is 5.75 Å². The second-order valence-electron chi connectivity index (χ2n) is 5.13. The van der Waals surface area contributed by atoms with Gasteiger partial charge in [0.2, 0.25) is 0 Å². The van der Waals surface area contributed by atoms with E-state index in [2.05, 4.69) is 10.3 Å². The molecular formula is C18H12N2O2. The Labute approximate surface area is 126 Å². The maximum Gasteiger partial charge on any atom is 0.256 e. The standard InChI is InChI=1S/C18H12N2O2/c21-17-11(7-8-15-13(17)5-3-9-19-15)10-14-12-4-1-2-6-16(12)20-18(14)22/h1-10,21H,(H,20,22). The molecule has 2 N–H and O–H groups in total. The summed E-state index contributed by atoms with van der Waals surface area (Å²) in [5.41, 5.74) is 3.51. The third-order valence-electron chi connectivity index (χ3n) is 3.80. The number of nitrogens with one attached hydrogen (secondary N) is 1. The number of para-hydroxylation sites is 1. The van der Waals surface area contributed by atoms with Gasteiger partial charge in [0.05, 0.1) is 5.52 Å². The summed E-state index contributed by atoms with van der Waals surface area (Å²) < 4.78 is 0. The smallest absolute Gasteiger partial charge is 0.256 e. The number of carbonyl (C=O) groups excluding carboxylic acids is 1. The average molecular weight is 288 g/mol. The predicted octanol–water partition coefficient (Wildman–Crippen LogP) is 3.43. The van der Waals surface area contributed by atoms with Crippen molar-refractivity contribution in [2.24, 2.45) is 0 Å². The highest BCUT2D eigenvalue weighted by molar-refractivity contribution is 6.35. The van der Waals surface area contributed by atoms with Gasteiger partial charge in [-0.15, -0.1) is 0 Å². The lowest BCUT2D eigenvalue weighted by atomic mass is 10.0. The van der Waals surface area contributed by atoms with Gasteiger partial charge in [-0.2, -0.15) is 0 Å². The van der Waals surface area contributed by atoms with Gasteiger partial charge in [0, 0.05) is 34.0 Å². The number of pyridine rings is 1. The molecule has 1 amide bonds. The molecule has 106 valence electrons. The van der Waals surface area contributed by atoms with Gasteiger partial charge in [0.25, 0.3) is 5.91 Å². The Hall–Kier alpha value is -3.14. The van der Waals surface area contributed by atoms with E-state index in [4.69, 9.17) is 0 Å². The molecule has 1 aliphatic heterocycles. The van der Waals surface area contributed by atoms with Crippen LogP contribution in [-0.2, 0) is 4.79 Å². The van der Waals surface area contributed by atoms with Crippen molar-refractivity contribution in [3.05, 3.63) is 65.9 Å². The van der Waals surface area contributed by atoms with Crippen molar-refractivity contribution in [2.45, 2.75) is 0 Å². The third kappa shape index (κ3) is 1.85. The molecule has 0 spiro atoms. The van der Waals surface area contributed by atoms with Crippen LogP contribution < -0.4 is 5.32 Å². The van der Waals surface area contributed by atoms with Gasteiger partial charge in [0.15, 0.2) is 0 Å². The minimum atomic E-state index is -0.160. The zero-order valence-corrected chi connectivity index (χ0v) is 11.6. The molecule has 2 aromatic carbocycles. The largest absolute Gasteiger partial charge is 0.507 e. The van der Waals surface area contributed by atoms with E-state index in [1.807, 2.05) is 36.4 Å². The Morgan fingerprint density at radius 1 is 1.05 bits per heavy atom. The van der Waals surface area contributed by atoms with E-state index in [1.165, 1.54) is 0 Å². The molecular weight excluding hydrogens is 276 g/mol. The number of aromatic hydroxyl groups is 1. The SMILES string of the molecule is O=C1Nc2ccccc2C1=Cc1ccc2ncccc2c1O. The first kappa shape index (κ1) is 12.6. The van der Waals surface area contributed by atoms with E-state index in [1.54, 1.807) is 24.4 Å². The summed E-state index contributed by atoms with van der Waals surface area (Å²) >= 11 is 0. The van der Waals surface area contributed by atoms with E-state index in [0.717, 1.165) is 16.8 Å². The van der Waals surface area contributed by atoms with Gasteiger partial charge < -0.3 is 10.4 Å². The fourth-order valence-corrected chi connectivity index (χ4v) is 2.71. The number of amides is 1. The molecule has 0 bridgehead atoms. The molecule has 0 saturated carbocycles. The fourth-order valence-electron chi connectivity index (χ4n) is 2.71. The van der Waals surface area contributed by atoms with Gasteiger partial charge in [-0.05, 0) is 36.4 Å². The number of rotatable bonds is 1. The average Bonchev–Trinajstić information content (AvgIpc) is 2.86. The monoisotopic (exact) mass is 288 g/mol. The molecule has 0 aliphatic carbocycles. The van der Waals surface area contributed by atoms with Crippen LogP contribution in [0.4, 0.5) is 5.69 Å². The van der Waals surface area contributed by atoms with Gasteiger partial charge in [-0.25, -0.2) is 0 Å². The van der Waals surface area contributed by atoms with Crippen LogP contribution in [0.25, 0.3) is 22.6 Å². The Bertz CT molecular complexity index is 945. The number of aromatic nitrogens is 1. The number of hydrogen-bond donors (Lipinski definition) is 2. The molecule has 0 radical (unpaired) electrons. The van der Waals surface area contributed by atoms with Crippen LogP contribution in [-0.4, -0.2) is 16.0 Å². The summed E-state index contributed by atoms with van der Waals surface area (Å²) in [6.07, 6.45) is 3.39. The molecule has 3 aromatic rings. The van der Waals surface area contributed by atoms with E-state index < -0.39 is 0 Å². The second kappa shape index (κ2) is 4.70. The number of hydrogen-bond acceptors (Lipinski definition) is 3. The van der Waals surface area contributed by atoms with Crippen molar-refractivity contribution in [1.82, 2.24) is 4.98 Å². The van der Waals surface area contributed by atoms with Crippen LogP contribution in [0.1, 0.15) is 11.1 Å². The Balaban J connectivity index is 1.90. The first-order valence-electron chi connectivity index (χ1n) is 6.93. The minimum absolute atomic E-state index is 0.135. The molecule has 0 unspecified atom stereocenters. The fraction of sp³-hybridized carbons (Fsp3) is 0.